The molecule has 1 unspecified atom stereocenters. The smallest absolute Gasteiger partial charge is 0.264 e. The highest BCUT2D eigenvalue weighted by molar-refractivity contribution is 7.92. The number of aryl methyl sites for hydroxylation is 2. The van der Waals surface area contributed by atoms with Crippen LogP contribution in [0.15, 0.2) is 71.6 Å². The molecule has 0 aliphatic rings. The quantitative estimate of drug-likeness (QED) is 0.442. The minimum absolute atomic E-state index is 0.00766. The first kappa shape index (κ1) is 26.1. The molecule has 8 heteroatoms. The summed E-state index contributed by atoms with van der Waals surface area (Å²) in [5.41, 5.74) is 3.52. The normalized spacial score (nSPS) is 12.0. The van der Waals surface area contributed by atoms with Crippen molar-refractivity contribution in [1.82, 2.24) is 5.32 Å². The number of hydrogen-bond acceptors (Lipinski definition) is 5. The summed E-state index contributed by atoms with van der Waals surface area (Å²) >= 11 is 0. The fourth-order valence-corrected chi connectivity index (χ4v) is 5.11. The van der Waals surface area contributed by atoms with Crippen molar-refractivity contribution in [3.63, 3.8) is 0 Å². The molecule has 0 aliphatic heterocycles. The molecule has 1 amide bonds. The molecule has 0 fully saturated rings. The summed E-state index contributed by atoms with van der Waals surface area (Å²) in [5, 5.41) is 2.92. The van der Waals surface area contributed by atoms with Crippen molar-refractivity contribution in [2.45, 2.75) is 38.1 Å². The number of sulfonamides is 1. The number of benzene rings is 3. The molecule has 7 nitrogen and oxygen atoms in total. The number of rotatable bonds is 10. The number of carbonyl (C=O) groups excluding carboxylic acids is 1. The molecular formula is C27H32N2O5S. The summed E-state index contributed by atoms with van der Waals surface area (Å²) < 4.78 is 39.0. The van der Waals surface area contributed by atoms with E-state index in [2.05, 4.69) is 12.2 Å². The first-order valence-corrected chi connectivity index (χ1v) is 12.8. The Morgan fingerprint density at radius 3 is 2.14 bits per heavy atom. The number of nitrogens with one attached hydrogen (secondary N) is 1. The molecule has 0 spiro atoms. The standard InChI is InChI=1S/C27H32N2O5S/c1-6-21-9-11-22(12-10-21)20(3)28-27(30)18-29(23-13-7-19(2)8-14-23)35(31,32)24-15-16-25(33-4)26(17-24)34-5/h7-17,20H,6,18H2,1-5H3,(H,28,30). The summed E-state index contributed by atoms with van der Waals surface area (Å²) in [6.45, 7) is 5.49. The van der Waals surface area contributed by atoms with Crippen molar-refractivity contribution in [3.05, 3.63) is 83.4 Å². The lowest BCUT2D eigenvalue weighted by atomic mass is 10.1. The summed E-state index contributed by atoms with van der Waals surface area (Å²) in [4.78, 5) is 13.0. The fraction of sp³-hybridized carbons (Fsp3) is 0.296. The SMILES string of the molecule is CCc1ccc(C(C)NC(=O)CN(c2ccc(C)cc2)S(=O)(=O)c2ccc(OC)c(OC)c2)cc1. The second-order valence-corrected chi connectivity index (χ2v) is 10.1. The number of hydrogen-bond donors (Lipinski definition) is 1. The van der Waals surface area contributed by atoms with Gasteiger partial charge in [0.2, 0.25) is 5.91 Å². The minimum Gasteiger partial charge on any atom is -0.493 e. The van der Waals surface area contributed by atoms with Gasteiger partial charge in [-0.3, -0.25) is 9.10 Å². The van der Waals surface area contributed by atoms with Gasteiger partial charge in [-0.25, -0.2) is 8.42 Å². The molecule has 0 bridgehead atoms. The molecule has 1 atom stereocenters. The Balaban J connectivity index is 1.91. The van der Waals surface area contributed by atoms with Gasteiger partial charge in [-0.05, 0) is 55.7 Å². The number of nitrogens with zero attached hydrogens (tertiary/aromatic N) is 1. The highest BCUT2D eigenvalue weighted by atomic mass is 32.2. The van der Waals surface area contributed by atoms with Gasteiger partial charge in [0.05, 0.1) is 30.8 Å². The summed E-state index contributed by atoms with van der Waals surface area (Å²) in [6.07, 6.45) is 0.931. The van der Waals surface area contributed by atoms with Crippen molar-refractivity contribution in [1.29, 1.82) is 0 Å². The van der Waals surface area contributed by atoms with Gasteiger partial charge in [-0.2, -0.15) is 0 Å². The third-order valence-corrected chi connectivity index (χ3v) is 7.59. The molecule has 3 rings (SSSR count). The summed E-state index contributed by atoms with van der Waals surface area (Å²) in [6, 6.07) is 19.1. The Hall–Kier alpha value is -3.52. The van der Waals surface area contributed by atoms with E-state index in [9.17, 15) is 13.2 Å². The highest BCUT2D eigenvalue weighted by Crippen LogP contribution is 2.32. The van der Waals surface area contributed by atoms with Gasteiger partial charge in [0, 0.05) is 6.07 Å². The predicted octanol–water partition coefficient (Wildman–Crippen LogP) is 4.65. The van der Waals surface area contributed by atoms with Crippen LogP contribution in [0, 0.1) is 6.92 Å². The largest absolute Gasteiger partial charge is 0.493 e. The van der Waals surface area contributed by atoms with E-state index in [1.807, 2.05) is 50.2 Å². The van der Waals surface area contributed by atoms with Crippen LogP contribution in [0.4, 0.5) is 5.69 Å². The van der Waals surface area contributed by atoms with E-state index in [1.54, 1.807) is 12.1 Å². The molecule has 186 valence electrons. The average Bonchev–Trinajstić information content (AvgIpc) is 2.87. The van der Waals surface area contributed by atoms with Crippen molar-refractivity contribution < 1.29 is 22.7 Å². The van der Waals surface area contributed by atoms with Crippen LogP contribution in [0.2, 0.25) is 0 Å². The fourth-order valence-electron chi connectivity index (χ4n) is 3.67. The number of anilines is 1. The summed E-state index contributed by atoms with van der Waals surface area (Å²) in [5.74, 6) is 0.279. The van der Waals surface area contributed by atoms with E-state index in [1.165, 1.54) is 38.0 Å². The van der Waals surface area contributed by atoms with Crippen molar-refractivity contribution in [3.8, 4) is 11.5 Å². The molecule has 35 heavy (non-hydrogen) atoms. The van der Waals surface area contributed by atoms with Gasteiger partial charge in [0.15, 0.2) is 11.5 Å². The van der Waals surface area contributed by atoms with Crippen LogP contribution in [0.3, 0.4) is 0 Å². The lowest BCUT2D eigenvalue weighted by Gasteiger charge is -2.25. The van der Waals surface area contributed by atoms with E-state index in [0.717, 1.165) is 21.9 Å². The first-order valence-electron chi connectivity index (χ1n) is 11.4. The molecule has 3 aromatic carbocycles. The topological polar surface area (TPSA) is 84.9 Å². The van der Waals surface area contributed by atoms with Crippen molar-refractivity contribution >= 4 is 21.6 Å². The van der Waals surface area contributed by atoms with E-state index >= 15 is 0 Å². The predicted molar refractivity (Wildman–Crippen MR) is 138 cm³/mol. The summed E-state index contributed by atoms with van der Waals surface area (Å²) in [7, 11) is -1.18. The van der Waals surface area contributed by atoms with E-state index in [4.69, 9.17) is 9.47 Å². The number of ether oxygens (including phenoxy) is 2. The van der Waals surface area contributed by atoms with Crippen LogP contribution in [0.5, 0.6) is 11.5 Å². The maximum absolute atomic E-state index is 13.7. The zero-order chi connectivity index (χ0) is 25.6. The van der Waals surface area contributed by atoms with Crippen LogP contribution in [-0.2, 0) is 21.2 Å². The Labute approximate surface area is 207 Å². The zero-order valence-corrected chi connectivity index (χ0v) is 21.6. The zero-order valence-electron chi connectivity index (χ0n) is 20.7. The van der Waals surface area contributed by atoms with Crippen LogP contribution < -0.4 is 19.1 Å². The van der Waals surface area contributed by atoms with Crippen molar-refractivity contribution in [2.24, 2.45) is 0 Å². The van der Waals surface area contributed by atoms with Crippen LogP contribution in [0.1, 0.15) is 36.6 Å². The third-order valence-electron chi connectivity index (χ3n) is 5.82. The van der Waals surface area contributed by atoms with E-state index in [0.29, 0.717) is 11.4 Å². The number of amides is 1. The Morgan fingerprint density at radius 2 is 1.57 bits per heavy atom. The van der Waals surface area contributed by atoms with Gasteiger partial charge in [0.1, 0.15) is 6.54 Å². The molecule has 0 aromatic heterocycles. The van der Waals surface area contributed by atoms with Crippen LogP contribution in [-0.4, -0.2) is 35.1 Å². The minimum atomic E-state index is -4.09. The van der Waals surface area contributed by atoms with E-state index in [-0.39, 0.29) is 23.2 Å². The average molecular weight is 497 g/mol. The van der Waals surface area contributed by atoms with Crippen LogP contribution in [0.25, 0.3) is 0 Å². The van der Waals surface area contributed by atoms with Gasteiger partial charge in [-0.15, -0.1) is 0 Å². The molecule has 0 aliphatic carbocycles. The number of carbonyl (C=O) groups is 1. The monoisotopic (exact) mass is 496 g/mol. The second kappa shape index (κ2) is 11.3. The lowest BCUT2D eigenvalue weighted by Crippen LogP contribution is -2.41. The van der Waals surface area contributed by atoms with Gasteiger partial charge in [0.25, 0.3) is 10.0 Å². The Morgan fingerprint density at radius 1 is 0.943 bits per heavy atom. The molecule has 0 heterocycles. The van der Waals surface area contributed by atoms with Gasteiger partial charge in [-0.1, -0.05) is 48.9 Å². The molecule has 0 saturated carbocycles. The van der Waals surface area contributed by atoms with Gasteiger partial charge >= 0.3 is 0 Å². The molecule has 0 saturated heterocycles. The van der Waals surface area contributed by atoms with E-state index < -0.39 is 15.9 Å². The Bertz CT molecular complexity index is 1260. The molecule has 3 aromatic rings. The first-order chi connectivity index (χ1) is 16.7. The highest BCUT2D eigenvalue weighted by Gasteiger charge is 2.29. The maximum atomic E-state index is 13.7. The van der Waals surface area contributed by atoms with Crippen molar-refractivity contribution in [2.75, 3.05) is 25.1 Å². The Kier molecular flexibility index (Phi) is 8.40. The molecule has 0 radical (unpaired) electrons. The lowest BCUT2D eigenvalue weighted by molar-refractivity contribution is -0.120. The maximum Gasteiger partial charge on any atom is 0.264 e. The third kappa shape index (κ3) is 6.14. The second-order valence-electron chi connectivity index (χ2n) is 8.25. The molecule has 1 N–H and O–H groups in total. The van der Waals surface area contributed by atoms with Gasteiger partial charge < -0.3 is 14.8 Å². The number of methoxy groups -OCH3 is 2. The molecular weight excluding hydrogens is 464 g/mol. The van der Waals surface area contributed by atoms with Crippen LogP contribution >= 0.6 is 0 Å².